The van der Waals surface area contributed by atoms with Gasteiger partial charge in [0.15, 0.2) is 0 Å². The molecule has 0 aliphatic carbocycles. The van der Waals surface area contributed by atoms with Crippen LogP contribution in [0.5, 0.6) is 0 Å². The maximum atomic E-state index is 12.9. The number of nitrogens with one attached hydrogen (secondary N) is 1. The molecule has 0 radical (unpaired) electrons. The lowest BCUT2D eigenvalue weighted by Crippen LogP contribution is -2.50. The number of aryl methyl sites for hydroxylation is 1. The number of fused-ring (bicyclic) bond motifs is 1. The van der Waals surface area contributed by atoms with E-state index in [4.69, 9.17) is 9.26 Å². The molecule has 0 atom stereocenters. The largest absolute Gasteiger partial charge is 0.444 e. The van der Waals surface area contributed by atoms with Gasteiger partial charge in [0.25, 0.3) is 5.91 Å². The number of aromatic nitrogens is 4. The van der Waals surface area contributed by atoms with Crippen molar-refractivity contribution in [1.82, 2.24) is 24.4 Å². The van der Waals surface area contributed by atoms with Crippen molar-refractivity contribution in [2.45, 2.75) is 39.2 Å². The number of pyridine rings is 1. The second kappa shape index (κ2) is 8.53. The van der Waals surface area contributed by atoms with Crippen molar-refractivity contribution in [2.75, 3.05) is 18.4 Å². The summed E-state index contributed by atoms with van der Waals surface area (Å²) in [5, 5.41) is 7.07. The smallest absolute Gasteiger partial charge is 0.410 e. The molecule has 0 unspecified atom stereocenters. The highest BCUT2D eigenvalue weighted by atomic mass is 16.6. The molecule has 0 saturated carbocycles. The van der Waals surface area contributed by atoms with Crippen LogP contribution >= 0.6 is 0 Å². The summed E-state index contributed by atoms with van der Waals surface area (Å²) < 4.78 is 12.6. The standard InChI is InChI=1S/C25H26N6O4/c1-15-8-9-16(11-18(15)27-22(32)19-12-26-20-7-5-6-10-31(19)20)21-28-23(35-29-21)17-13-30(14-17)24(33)34-25(2,3)4/h5-12,17H,13-14H2,1-4H3,(H,27,32). The van der Waals surface area contributed by atoms with E-state index >= 15 is 0 Å². The van der Waals surface area contributed by atoms with Crippen LogP contribution in [0.15, 0.2) is 53.3 Å². The third-order valence-corrected chi connectivity index (χ3v) is 5.72. The van der Waals surface area contributed by atoms with E-state index in [1.54, 1.807) is 21.7 Å². The molecule has 1 aromatic carbocycles. The molecule has 4 heterocycles. The van der Waals surface area contributed by atoms with Gasteiger partial charge >= 0.3 is 6.09 Å². The van der Waals surface area contributed by atoms with E-state index in [0.717, 1.165) is 5.56 Å². The van der Waals surface area contributed by atoms with Crippen LogP contribution in [0.2, 0.25) is 0 Å². The van der Waals surface area contributed by atoms with E-state index in [-0.39, 0.29) is 17.9 Å². The van der Waals surface area contributed by atoms with E-state index in [1.807, 2.05) is 64.1 Å². The summed E-state index contributed by atoms with van der Waals surface area (Å²) in [5.74, 6) is 0.579. The Morgan fingerprint density at radius 1 is 1.17 bits per heavy atom. The molecule has 2 amide bonds. The molecule has 35 heavy (non-hydrogen) atoms. The first kappa shape index (κ1) is 22.6. The van der Waals surface area contributed by atoms with Crippen molar-refractivity contribution >= 4 is 23.3 Å². The molecule has 1 N–H and O–H groups in total. The van der Waals surface area contributed by atoms with Crippen LogP contribution in [0.3, 0.4) is 0 Å². The number of carbonyl (C=O) groups excluding carboxylic acids is 2. The molecular formula is C25H26N6O4. The van der Waals surface area contributed by atoms with Gasteiger partial charge in [-0.25, -0.2) is 9.78 Å². The van der Waals surface area contributed by atoms with Gasteiger partial charge in [-0.15, -0.1) is 0 Å². The minimum atomic E-state index is -0.538. The van der Waals surface area contributed by atoms with Gasteiger partial charge in [0.2, 0.25) is 11.7 Å². The summed E-state index contributed by atoms with van der Waals surface area (Å²) >= 11 is 0. The van der Waals surface area contributed by atoms with Gasteiger partial charge in [-0.1, -0.05) is 23.4 Å². The fourth-order valence-electron chi connectivity index (χ4n) is 3.81. The lowest BCUT2D eigenvalue weighted by atomic mass is 10.0. The van der Waals surface area contributed by atoms with Gasteiger partial charge in [0.1, 0.15) is 16.9 Å². The average Bonchev–Trinajstić information content (AvgIpc) is 3.40. The molecule has 3 aromatic heterocycles. The van der Waals surface area contributed by atoms with E-state index < -0.39 is 5.60 Å². The molecular weight excluding hydrogens is 448 g/mol. The van der Waals surface area contributed by atoms with E-state index in [0.29, 0.717) is 47.4 Å². The fourth-order valence-corrected chi connectivity index (χ4v) is 3.81. The third kappa shape index (κ3) is 4.59. The average molecular weight is 475 g/mol. The Morgan fingerprint density at radius 3 is 2.74 bits per heavy atom. The van der Waals surface area contributed by atoms with E-state index in [2.05, 4.69) is 20.4 Å². The predicted octanol–water partition coefficient (Wildman–Crippen LogP) is 4.28. The summed E-state index contributed by atoms with van der Waals surface area (Å²) in [7, 11) is 0. The number of rotatable bonds is 4. The lowest BCUT2D eigenvalue weighted by Gasteiger charge is -2.37. The second-order valence-electron chi connectivity index (χ2n) is 9.59. The Morgan fingerprint density at radius 2 is 1.97 bits per heavy atom. The first-order chi connectivity index (χ1) is 16.7. The van der Waals surface area contributed by atoms with E-state index in [9.17, 15) is 9.59 Å². The summed E-state index contributed by atoms with van der Waals surface area (Å²) in [5.41, 5.74) is 2.85. The Labute approximate surface area is 201 Å². The molecule has 0 bridgehead atoms. The highest BCUT2D eigenvalue weighted by molar-refractivity contribution is 6.04. The molecule has 10 heteroatoms. The predicted molar refractivity (Wildman–Crippen MR) is 128 cm³/mol. The van der Waals surface area contributed by atoms with Crippen LogP contribution in [0.25, 0.3) is 17.0 Å². The molecule has 5 rings (SSSR count). The maximum absolute atomic E-state index is 12.9. The molecule has 180 valence electrons. The van der Waals surface area contributed by atoms with Crippen LogP contribution < -0.4 is 5.32 Å². The van der Waals surface area contributed by atoms with E-state index in [1.165, 1.54) is 0 Å². The number of anilines is 1. The molecule has 1 aliphatic rings. The number of carbonyl (C=O) groups is 2. The Kier molecular flexibility index (Phi) is 5.50. The van der Waals surface area contributed by atoms with Crippen molar-refractivity contribution in [3.8, 4) is 11.4 Å². The number of imidazole rings is 1. The SMILES string of the molecule is Cc1ccc(-c2noc(C3CN(C(=O)OC(C)(C)C)C3)n2)cc1NC(=O)c1cnc2ccccn12. The van der Waals surface area contributed by atoms with Crippen LogP contribution in [0.1, 0.15) is 48.6 Å². The highest BCUT2D eigenvalue weighted by Crippen LogP contribution is 2.30. The van der Waals surface area contributed by atoms with Crippen molar-refractivity contribution < 1.29 is 18.8 Å². The number of ether oxygens (including phenoxy) is 1. The van der Waals surface area contributed by atoms with Crippen molar-refractivity contribution in [1.29, 1.82) is 0 Å². The number of likely N-dealkylation sites (tertiary alicyclic amines) is 1. The number of amides is 2. The van der Waals surface area contributed by atoms with Crippen LogP contribution in [0, 0.1) is 6.92 Å². The normalized spacial score (nSPS) is 14.1. The zero-order valence-corrected chi connectivity index (χ0v) is 20.0. The van der Waals surface area contributed by atoms with Gasteiger partial charge < -0.3 is 19.5 Å². The Bertz CT molecular complexity index is 1410. The summed E-state index contributed by atoms with van der Waals surface area (Å²) in [6, 6.07) is 11.1. The number of hydrogen-bond donors (Lipinski definition) is 1. The summed E-state index contributed by atoms with van der Waals surface area (Å²) in [4.78, 5) is 35.5. The highest BCUT2D eigenvalue weighted by Gasteiger charge is 2.37. The number of benzene rings is 1. The van der Waals surface area contributed by atoms with Crippen molar-refractivity contribution in [2.24, 2.45) is 0 Å². The fraction of sp³-hybridized carbons (Fsp3) is 0.320. The van der Waals surface area contributed by atoms with Gasteiger partial charge in [0.05, 0.1) is 12.1 Å². The zero-order valence-electron chi connectivity index (χ0n) is 20.0. The van der Waals surface area contributed by atoms with Crippen molar-refractivity contribution in [3.05, 3.63) is 65.9 Å². The van der Waals surface area contributed by atoms with Crippen molar-refractivity contribution in [3.63, 3.8) is 0 Å². The quantitative estimate of drug-likeness (QED) is 0.469. The topological polar surface area (TPSA) is 115 Å². The third-order valence-electron chi connectivity index (χ3n) is 5.72. The zero-order chi connectivity index (χ0) is 24.7. The van der Waals surface area contributed by atoms with Gasteiger partial charge in [-0.3, -0.25) is 9.20 Å². The maximum Gasteiger partial charge on any atom is 0.410 e. The molecule has 1 saturated heterocycles. The van der Waals surface area contributed by atoms with Gasteiger partial charge in [-0.05, 0) is 51.5 Å². The Hall–Kier alpha value is -4.21. The van der Waals surface area contributed by atoms with Crippen LogP contribution in [0.4, 0.5) is 10.5 Å². The number of hydrogen-bond acceptors (Lipinski definition) is 7. The minimum absolute atomic E-state index is 0.0384. The first-order valence-electron chi connectivity index (χ1n) is 11.3. The number of nitrogens with zero attached hydrogens (tertiary/aromatic N) is 5. The first-order valence-corrected chi connectivity index (χ1v) is 11.3. The molecule has 4 aromatic rings. The van der Waals surface area contributed by atoms with Crippen LogP contribution in [-0.2, 0) is 4.74 Å². The molecule has 10 nitrogen and oxygen atoms in total. The lowest BCUT2D eigenvalue weighted by molar-refractivity contribution is 0.00557. The minimum Gasteiger partial charge on any atom is -0.444 e. The Balaban J connectivity index is 1.28. The van der Waals surface area contributed by atoms with Gasteiger partial charge in [0, 0.05) is 30.5 Å². The summed E-state index contributed by atoms with van der Waals surface area (Å²) in [6.07, 6.45) is 3.00. The summed E-state index contributed by atoms with van der Waals surface area (Å²) in [6.45, 7) is 8.35. The van der Waals surface area contributed by atoms with Gasteiger partial charge in [-0.2, -0.15) is 4.98 Å². The molecule has 1 aliphatic heterocycles. The van der Waals surface area contributed by atoms with Crippen LogP contribution in [-0.4, -0.2) is 55.1 Å². The monoisotopic (exact) mass is 474 g/mol. The molecule has 0 spiro atoms. The molecule has 1 fully saturated rings. The second-order valence-corrected chi connectivity index (χ2v) is 9.59.